The van der Waals surface area contributed by atoms with Gasteiger partial charge in [0.2, 0.25) is 0 Å². The number of hydrogen-bond donors (Lipinski definition) is 1. The molecule has 0 unspecified atom stereocenters. The highest BCUT2D eigenvalue weighted by Crippen LogP contribution is 2.17. The summed E-state index contributed by atoms with van der Waals surface area (Å²) in [7, 11) is 0. The minimum Gasteiger partial charge on any atom is -0.491 e. The number of nitrogens with one attached hydrogen (secondary N) is 1. The summed E-state index contributed by atoms with van der Waals surface area (Å²) in [5.41, 5.74) is 1.08. The quantitative estimate of drug-likeness (QED) is 0.700. The molecule has 1 aromatic carbocycles. The Bertz CT molecular complexity index is 278. The van der Waals surface area contributed by atoms with Crippen molar-refractivity contribution in [3.05, 3.63) is 29.8 Å². The van der Waals surface area contributed by atoms with Crippen molar-refractivity contribution < 1.29 is 9.13 Å². The van der Waals surface area contributed by atoms with Gasteiger partial charge in [-0.3, -0.25) is 0 Å². The maximum Gasteiger partial charge on any atom is 0.123 e. The van der Waals surface area contributed by atoms with Crippen molar-refractivity contribution in [3.63, 3.8) is 0 Å². The van der Waals surface area contributed by atoms with Crippen molar-refractivity contribution in [3.8, 4) is 5.75 Å². The topological polar surface area (TPSA) is 21.3 Å². The zero-order valence-electron chi connectivity index (χ0n) is 9.13. The van der Waals surface area contributed by atoms with Gasteiger partial charge in [-0.25, -0.2) is 4.39 Å². The second-order valence-corrected chi connectivity index (χ2v) is 3.32. The molecule has 0 aromatic heterocycles. The predicted octanol–water partition coefficient (Wildman–Crippen LogP) is 2.53. The lowest BCUT2D eigenvalue weighted by molar-refractivity contribution is 0.270. The molecule has 1 N–H and O–H groups in total. The molecule has 3 heteroatoms. The highest BCUT2D eigenvalue weighted by Gasteiger charge is 2.01. The van der Waals surface area contributed by atoms with Gasteiger partial charge in [-0.05, 0) is 19.0 Å². The lowest BCUT2D eigenvalue weighted by Gasteiger charge is -2.10. The van der Waals surface area contributed by atoms with E-state index in [2.05, 4.69) is 12.2 Å². The summed E-state index contributed by atoms with van der Waals surface area (Å²) in [5.74, 6) is 0.777. The van der Waals surface area contributed by atoms with E-state index in [9.17, 15) is 4.39 Å². The van der Waals surface area contributed by atoms with Gasteiger partial charge in [0, 0.05) is 12.1 Å². The first-order chi connectivity index (χ1) is 7.38. The van der Waals surface area contributed by atoms with Crippen LogP contribution >= 0.6 is 0 Å². The van der Waals surface area contributed by atoms with Gasteiger partial charge in [0.1, 0.15) is 19.0 Å². The van der Waals surface area contributed by atoms with Crippen LogP contribution in [-0.4, -0.2) is 19.8 Å². The molecule has 0 heterocycles. The maximum absolute atomic E-state index is 12.0. The third-order valence-electron chi connectivity index (χ3n) is 2.05. The number of para-hydroxylation sites is 1. The zero-order chi connectivity index (χ0) is 10.9. The van der Waals surface area contributed by atoms with Crippen molar-refractivity contribution in [2.24, 2.45) is 0 Å². The number of alkyl halides is 1. The van der Waals surface area contributed by atoms with Crippen LogP contribution < -0.4 is 10.1 Å². The minimum atomic E-state index is -0.448. The van der Waals surface area contributed by atoms with E-state index in [0.717, 1.165) is 30.8 Å². The average molecular weight is 211 g/mol. The Morgan fingerprint density at radius 1 is 1.33 bits per heavy atom. The first-order valence-electron chi connectivity index (χ1n) is 5.36. The molecule has 15 heavy (non-hydrogen) atoms. The fourth-order valence-corrected chi connectivity index (χ4v) is 1.34. The summed E-state index contributed by atoms with van der Waals surface area (Å²) >= 11 is 0. The van der Waals surface area contributed by atoms with E-state index in [1.165, 1.54) is 0 Å². The fraction of sp³-hybridized carbons (Fsp3) is 0.500. The van der Waals surface area contributed by atoms with Crippen molar-refractivity contribution in [2.75, 3.05) is 19.8 Å². The standard InChI is InChI=1S/C12H18FNO/c1-2-8-14-10-11-5-3-4-6-12(11)15-9-7-13/h3-6,14H,2,7-10H2,1H3. The van der Waals surface area contributed by atoms with Gasteiger partial charge in [0.15, 0.2) is 0 Å². The molecule has 2 nitrogen and oxygen atoms in total. The lowest BCUT2D eigenvalue weighted by atomic mass is 10.2. The van der Waals surface area contributed by atoms with E-state index in [-0.39, 0.29) is 6.61 Å². The Balaban J connectivity index is 2.52. The van der Waals surface area contributed by atoms with Gasteiger partial charge >= 0.3 is 0 Å². The molecule has 0 saturated carbocycles. The number of hydrogen-bond acceptors (Lipinski definition) is 2. The molecule has 1 aromatic rings. The molecular formula is C12H18FNO. The molecular weight excluding hydrogens is 193 g/mol. The lowest BCUT2D eigenvalue weighted by Crippen LogP contribution is -2.14. The molecule has 0 fully saturated rings. The van der Waals surface area contributed by atoms with Gasteiger partial charge in [-0.2, -0.15) is 0 Å². The van der Waals surface area contributed by atoms with Crippen LogP contribution in [0.4, 0.5) is 4.39 Å². The van der Waals surface area contributed by atoms with Crippen molar-refractivity contribution in [1.29, 1.82) is 0 Å². The van der Waals surface area contributed by atoms with Gasteiger partial charge in [-0.1, -0.05) is 25.1 Å². The number of halogens is 1. The molecule has 1 rings (SSSR count). The molecule has 0 saturated heterocycles. The van der Waals surface area contributed by atoms with Gasteiger partial charge in [-0.15, -0.1) is 0 Å². The van der Waals surface area contributed by atoms with Gasteiger partial charge < -0.3 is 10.1 Å². The van der Waals surface area contributed by atoms with Gasteiger partial charge in [0.25, 0.3) is 0 Å². The van der Waals surface area contributed by atoms with Crippen LogP contribution in [0, 0.1) is 0 Å². The average Bonchev–Trinajstić information content (AvgIpc) is 2.28. The summed E-state index contributed by atoms with van der Waals surface area (Å²) in [6.45, 7) is 3.56. The Labute approximate surface area is 90.4 Å². The molecule has 0 aliphatic heterocycles. The summed E-state index contributed by atoms with van der Waals surface area (Å²) in [4.78, 5) is 0. The highest BCUT2D eigenvalue weighted by molar-refractivity contribution is 5.33. The first kappa shape index (κ1) is 12.0. The monoisotopic (exact) mass is 211 g/mol. The first-order valence-corrected chi connectivity index (χ1v) is 5.36. The van der Waals surface area contributed by atoms with Crippen LogP contribution in [0.25, 0.3) is 0 Å². The van der Waals surface area contributed by atoms with E-state index in [4.69, 9.17) is 4.74 Å². The molecule has 0 aliphatic carbocycles. The SMILES string of the molecule is CCCNCc1ccccc1OCCF. The smallest absolute Gasteiger partial charge is 0.123 e. The second-order valence-electron chi connectivity index (χ2n) is 3.32. The van der Waals surface area contributed by atoms with E-state index in [0.29, 0.717) is 0 Å². The minimum absolute atomic E-state index is 0.130. The number of ether oxygens (including phenoxy) is 1. The molecule has 0 bridgehead atoms. The van der Waals surface area contributed by atoms with E-state index >= 15 is 0 Å². The number of benzene rings is 1. The highest BCUT2D eigenvalue weighted by atomic mass is 19.1. The predicted molar refractivity (Wildman–Crippen MR) is 59.9 cm³/mol. The zero-order valence-corrected chi connectivity index (χ0v) is 9.13. The Hall–Kier alpha value is -1.09. The maximum atomic E-state index is 12.0. The molecule has 0 spiro atoms. The Kier molecular flexibility index (Phi) is 5.78. The largest absolute Gasteiger partial charge is 0.491 e. The summed E-state index contributed by atoms with van der Waals surface area (Å²) in [6.07, 6.45) is 1.10. The van der Waals surface area contributed by atoms with Crippen LogP contribution in [0.1, 0.15) is 18.9 Å². The summed E-state index contributed by atoms with van der Waals surface area (Å²) in [5, 5.41) is 3.29. The van der Waals surface area contributed by atoms with Crippen LogP contribution in [0.15, 0.2) is 24.3 Å². The third kappa shape index (κ3) is 4.30. The van der Waals surface area contributed by atoms with Crippen LogP contribution in [0.2, 0.25) is 0 Å². The fourth-order valence-electron chi connectivity index (χ4n) is 1.34. The Morgan fingerprint density at radius 2 is 2.13 bits per heavy atom. The molecule has 0 aliphatic rings. The normalized spacial score (nSPS) is 10.3. The van der Waals surface area contributed by atoms with Crippen LogP contribution in [-0.2, 0) is 6.54 Å². The van der Waals surface area contributed by atoms with E-state index in [1.807, 2.05) is 24.3 Å². The van der Waals surface area contributed by atoms with Crippen molar-refractivity contribution in [2.45, 2.75) is 19.9 Å². The third-order valence-corrected chi connectivity index (χ3v) is 2.05. The van der Waals surface area contributed by atoms with Crippen LogP contribution in [0.3, 0.4) is 0 Å². The summed E-state index contributed by atoms with van der Waals surface area (Å²) in [6, 6.07) is 7.73. The second kappa shape index (κ2) is 7.23. The van der Waals surface area contributed by atoms with Gasteiger partial charge in [0.05, 0.1) is 0 Å². The van der Waals surface area contributed by atoms with Crippen molar-refractivity contribution >= 4 is 0 Å². The van der Waals surface area contributed by atoms with E-state index < -0.39 is 6.67 Å². The molecule has 0 atom stereocenters. The number of rotatable bonds is 7. The van der Waals surface area contributed by atoms with Crippen LogP contribution in [0.5, 0.6) is 5.75 Å². The molecule has 0 amide bonds. The molecule has 84 valence electrons. The molecule has 0 radical (unpaired) electrons. The summed E-state index contributed by atoms with van der Waals surface area (Å²) < 4.78 is 17.3. The van der Waals surface area contributed by atoms with Crippen molar-refractivity contribution in [1.82, 2.24) is 5.32 Å². The Morgan fingerprint density at radius 3 is 2.87 bits per heavy atom. The van der Waals surface area contributed by atoms with E-state index in [1.54, 1.807) is 0 Å².